The van der Waals surface area contributed by atoms with E-state index >= 15 is 0 Å². The number of nitrogen functional groups attached to an aromatic ring is 1. The zero-order valence-electron chi connectivity index (χ0n) is 57.4. The fraction of sp³-hybridized carbons (Fsp3) is 0.686. The summed E-state index contributed by atoms with van der Waals surface area (Å²) in [5, 5.41) is 26.6. The standard InChI is InChI=1S/C70H105N9O15/c1-13-72-65(84)52-41-75-69(76-64(52)71)78-31-29-77(30-32-78)68-73-39-50(40-74-68)24-27-59(80)92-54-26-23-49(36-58(54)90-11)35-45(5)57-38-56(89-10)44(4)34-47(7)61(82)62(91-12)60(81)46(6)33-42(2)19-15-14-16-20-43(3)55(88-9)37-51-25-22-48(8)70(87,94-51)63(83)66(85)79-28-18-17-21-53(79)67(86)93-57/h14-16,19-20,34,39-42,44-46,48-49,51,53-58,61-62,82,87H,13,17-18,21-33,35-38H2,1-12H3,(H,72,84)(H2,71,75,76)/b16-14+,19-15+,43-20+,47-34+/t42-,44-,45-,46-,48-,49+,51+,53+,54-,55+,56-,57+,58-,61-,62+,70-/m1/s1. The summed E-state index contributed by atoms with van der Waals surface area (Å²) in [5.74, 6) is -6.83. The molecule has 5 aliphatic rings. The lowest BCUT2D eigenvalue weighted by molar-refractivity contribution is -0.265. The van der Waals surface area contributed by atoms with Gasteiger partial charge in [-0.3, -0.25) is 24.0 Å². The number of fused-ring (bicyclic) bond motifs is 3. The van der Waals surface area contributed by atoms with Gasteiger partial charge in [-0.05, 0) is 126 Å². The SMILES string of the molecule is CCNC(=O)c1cnc(N2CCN(c3ncc(CCC(=O)O[C@@H]4CC[C@@H](C[C@@H](C)[C@@H]5C[C@@H](OC)[C@H](C)/C=C(\C)[C@@H](O)[C@@H](OC)C(=O)[C@H](C)C[C@H](C)/C=C/C=C/C=C(\C)[C@@H](OC)C[C@@H]6CC[C@@H](C)[C@@](O)(O6)C(=O)C(=O)N6CCCC[C@H]6C(=O)O5)C[C@H]4OC)cn3)CC2)nc1N. The van der Waals surface area contributed by atoms with Crippen LogP contribution in [-0.2, 0) is 63.6 Å². The number of aliphatic hydroxyl groups is 2. The van der Waals surface area contributed by atoms with Crippen molar-refractivity contribution in [2.75, 3.05) is 83.2 Å². The Hall–Kier alpha value is -6.54. The van der Waals surface area contributed by atoms with Gasteiger partial charge < -0.3 is 69.1 Å². The van der Waals surface area contributed by atoms with Crippen LogP contribution in [0.3, 0.4) is 0 Å². The molecule has 94 heavy (non-hydrogen) atoms. The summed E-state index contributed by atoms with van der Waals surface area (Å²) in [6.07, 6.45) is 16.8. The Morgan fingerprint density at radius 1 is 0.787 bits per heavy atom. The number of aliphatic hydroxyl groups excluding tert-OH is 1. The summed E-state index contributed by atoms with van der Waals surface area (Å²) in [4.78, 5) is 107. The number of hydrogen-bond donors (Lipinski definition) is 4. The van der Waals surface area contributed by atoms with Crippen molar-refractivity contribution in [2.45, 2.75) is 206 Å². The van der Waals surface area contributed by atoms with Crippen LogP contribution >= 0.6 is 0 Å². The van der Waals surface area contributed by atoms with Crippen LogP contribution in [0.15, 0.2) is 66.2 Å². The van der Waals surface area contributed by atoms with Crippen LogP contribution in [0, 0.1) is 35.5 Å². The third-order valence-corrected chi connectivity index (χ3v) is 19.7. The molecule has 5 N–H and O–H groups in total. The Balaban J connectivity index is 1.03. The molecule has 3 saturated heterocycles. The van der Waals surface area contributed by atoms with E-state index in [2.05, 4.69) is 30.2 Å². The van der Waals surface area contributed by atoms with Gasteiger partial charge in [0.05, 0.1) is 30.0 Å². The number of hydrogen-bond acceptors (Lipinski definition) is 22. The number of esters is 2. The summed E-state index contributed by atoms with van der Waals surface area (Å²) in [7, 11) is 6.18. The zero-order valence-corrected chi connectivity index (χ0v) is 57.4. The number of anilines is 3. The van der Waals surface area contributed by atoms with Gasteiger partial charge in [0.2, 0.25) is 17.7 Å². The lowest BCUT2D eigenvalue weighted by atomic mass is 9.78. The van der Waals surface area contributed by atoms with E-state index in [1.54, 1.807) is 47.6 Å². The van der Waals surface area contributed by atoms with E-state index in [9.17, 15) is 39.0 Å². The largest absolute Gasteiger partial charge is 0.460 e. The predicted octanol–water partition coefficient (Wildman–Crippen LogP) is 7.05. The molecular formula is C70H105N9O15. The molecule has 2 bridgehead atoms. The van der Waals surface area contributed by atoms with Gasteiger partial charge in [0.1, 0.15) is 36.3 Å². The first-order chi connectivity index (χ1) is 44.9. The summed E-state index contributed by atoms with van der Waals surface area (Å²) in [6, 6.07) is -1.13. The number of allylic oxidation sites excluding steroid dienone is 5. The number of nitrogens with zero attached hydrogens (tertiary/aromatic N) is 7. The van der Waals surface area contributed by atoms with E-state index in [0.29, 0.717) is 121 Å². The molecule has 7 rings (SSSR count). The Bertz CT molecular complexity index is 2990. The quantitative estimate of drug-likeness (QED) is 0.0788. The van der Waals surface area contributed by atoms with Gasteiger partial charge in [-0.15, -0.1) is 0 Å². The molecule has 0 spiro atoms. The lowest BCUT2D eigenvalue weighted by Gasteiger charge is -2.43. The molecule has 2 amide bonds. The minimum Gasteiger partial charge on any atom is -0.460 e. The van der Waals surface area contributed by atoms with Crippen molar-refractivity contribution in [3.8, 4) is 0 Å². The number of amides is 2. The fourth-order valence-electron chi connectivity index (χ4n) is 13.9. The zero-order chi connectivity index (χ0) is 68.4. The van der Waals surface area contributed by atoms with Gasteiger partial charge in [-0.2, -0.15) is 4.98 Å². The van der Waals surface area contributed by atoms with Gasteiger partial charge in [-0.25, -0.2) is 19.7 Å². The highest BCUT2D eigenvalue weighted by Gasteiger charge is 2.53. The number of cyclic esters (lactones) is 1. The van der Waals surface area contributed by atoms with E-state index < -0.39 is 90.2 Å². The van der Waals surface area contributed by atoms with Gasteiger partial charge in [0, 0.05) is 123 Å². The number of Topliss-reactive ketones (excluding diaryl/α,β-unsaturated/α-hetero) is 2. The molecule has 2 aromatic heterocycles. The van der Waals surface area contributed by atoms with Gasteiger partial charge in [-0.1, -0.05) is 71.1 Å². The fourth-order valence-corrected chi connectivity index (χ4v) is 13.9. The molecule has 520 valence electrons. The number of nitrogens with two attached hydrogens (primary N) is 1. The smallest absolute Gasteiger partial charge is 0.329 e. The van der Waals surface area contributed by atoms with Crippen molar-refractivity contribution in [3.63, 3.8) is 0 Å². The van der Waals surface area contributed by atoms with Crippen molar-refractivity contribution >= 4 is 53.0 Å². The monoisotopic (exact) mass is 1310 g/mol. The molecule has 4 aliphatic heterocycles. The van der Waals surface area contributed by atoms with E-state index in [0.717, 1.165) is 11.1 Å². The summed E-state index contributed by atoms with van der Waals surface area (Å²) < 4.78 is 42.8. The van der Waals surface area contributed by atoms with Crippen molar-refractivity contribution in [2.24, 2.45) is 35.5 Å². The summed E-state index contributed by atoms with van der Waals surface area (Å²) in [5.41, 5.74) is 8.50. The summed E-state index contributed by atoms with van der Waals surface area (Å²) >= 11 is 0. The van der Waals surface area contributed by atoms with Gasteiger partial charge >= 0.3 is 11.9 Å². The minimum absolute atomic E-state index is 0.0150. The highest BCUT2D eigenvalue weighted by molar-refractivity contribution is 6.39. The number of carbonyl (C=O) groups is 6. The number of nitrogens with one attached hydrogen (secondary N) is 1. The topological polar surface area (TPSA) is 307 Å². The number of ketones is 2. The van der Waals surface area contributed by atoms with E-state index in [-0.39, 0.29) is 78.5 Å². The van der Waals surface area contributed by atoms with Crippen molar-refractivity contribution in [1.82, 2.24) is 30.2 Å². The van der Waals surface area contributed by atoms with Crippen molar-refractivity contribution in [1.29, 1.82) is 0 Å². The number of ether oxygens (including phenoxy) is 7. The molecule has 1 aliphatic carbocycles. The van der Waals surface area contributed by atoms with Crippen LogP contribution in [-0.4, -0.2) is 199 Å². The first-order valence-corrected chi connectivity index (χ1v) is 33.8. The molecule has 16 atom stereocenters. The molecule has 4 fully saturated rings. The average Bonchev–Trinajstić information content (AvgIpc) is 0.793. The first-order valence-electron chi connectivity index (χ1n) is 33.8. The summed E-state index contributed by atoms with van der Waals surface area (Å²) in [6.45, 7) is 17.9. The number of methoxy groups -OCH3 is 4. The van der Waals surface area contributed by atoms with Gasteiger partial charge in [0.25, 0.3) is 17.6 Å². The Labute approximate surface area is 555 Å². The van der Waals surface area contributed by atoms with Crippen LogP contribution < -0.4 is 20.9 Å². The first kappa shape index (κ1) is 74.8. The molecule has 1 saturated carbocycles. The number of carbonyl (C=O) groups excluding carboxylic acids is 6. The number of aromatic nitrogens is 4. The second-order valence-corrected chi connectivity index (χ2v) is 26.7. The van der Waals surface area contributed by atoms with Crippen LogP contribution in [0.1, 0.15) is 155 Å². The third-order valence-electron chi connectivity index (χ3n) is 19.7. The van der Waals surface area contributed by atoms with E-state index in [1.165, 1.54) is 18.2 Å². The third kappa shape index (κ3) is 19.6. The maximum Gasteiger partial charge on any atom is 0.329 e. The van der Waals surface area contributed by atoms with Crippen LogP contribution in [0.4, 0.5) is 17.7 Å². The van der Waals surface area contributed by atoms with E-state index in [1.807, 2.05) is 82.9 Å². The molecule has 24 heteroatoms. The van der Waals surface area contributed by atoms with Crippen LogP contribution in [0.2, 0.25) is 0 Å². The highest BCUT2D eigenvalue weighted by atomic mass is 16.6. The molecular weight excluding hydrogens is 1210 g/mol. The molecule has 0 aromatic carbocycles. The second-order valence-electron chi connectivity index (χ2n) is 26.7. The number of rotatable bonds is 15. The lowest BCUT2D eigenvalue weighted by Crippen LogP contribution is -2.61. The van der Waals surface area contributed by atoms with Crippen molar-refractivity contribution in [3.05, 3.63) is 77.3 Å². The molecule has 0 unspecified atom stereocenters. The normalized spacial score (nSPS) is 33.2. The average molecular weight is 1310 g/mol. The van der Waals surface area contributed by atoms with Crippen LogP contribution in [0.25, 0.3) is 0 Å². The Morgan fingerprint density at radius 3 is 2.14 bits per heavy atom. The molecule has 2 aromatic rings. The van der Waals surface area contributed by atoms with Gasteiger partial charge in [0.15, 0.2) is 5.78 Å². The number of piperidine rings is 1. The van der Waals surface area contributed by atoms with Crippen LogP contribution in [0.5, 0.6) is 0 Å². The highest BCUT2D eigenvalue weighted by Crippen LogP contribution is 2.39. The molecule has 6 heterocycles. The number of aryl methyl sites for hydroxylation is 1. The molecule has 24 nitrogen and oxygen atoms in total. The molecule has 0 radical (unpaired) electrons. The number of piperazine rings is 1. The van der Waals surface area contributed by atoms with E-state index in [4.69, 9.17) is 38.9 Å². The maximum absolute atomic E-state index is 14.9. The predicted molar refractivity (Wildman–Crippen MR) is 354 cm³/mol. The maximum atomic E-state index is 14.9. The van der Waals surface area contributed by atoms with Crippen molar-refractivity contribution < 1.29 is 72.1 Å². The Morgan fingerprint density at radius 2 is 1.48 bits per heavy atom. The minimum atomic E-state index is -2.45. The Kier molecular flexibility index (Phi) is 28.2. The second kappa shape index (κ2) is 35.5.